The standard InChI is InChI=1S/C23H35N3O3/c1-15-8-17(12-20(9-15)29-5)22(28)24-13-16-10-18-6-7-19(11-16)26(18)14-21(27)25-23(2,3)4/h8-9,12,16,18-19H,6-7,10-11,13-14H2,1-5H3,(H,24,28)(H,25,27). The highest BCUT2D eigenvalue weighted by atomic mass is 16.5. The number of piperidine rings is 1. The Labute approximate surface area is 174 Å². The van der Waals surface area contributed by atoms with Crippen molar-refractivity contribution >= 4 is 11.8 Å². The molecule has 2 aliphatic rings. The van der Waals surface area contributed by atoms with Gasteiger partial charge in [-0.15, -0.1) is 0 Å². The maximum Gasteiger partial charge on any atom is 0.251 e. The zero-order chi connectivity index (χ0) is 21.2. The first kappa shape index (κ1) is 21.6. The molecule has 2 bridgehead atoms. The molecule has 2 N–H and O–H groups in total. The van der Waals surface area contributed by atoms with Gasteiger partial charge in [0.05, 0.1) is 13.7 Å². The lowest BCUT2D eigenvalue weighted by molar-refractivity contribution is -0.125. The maximum atomic E-state index is 12.6. The second-order valence-electron chi connectivity index (χ2n) is 9.64. The molecule has 3 rings (SSSR count). The minimum atomic E-state index is -0.197. The monoisotopic (exact) mass is 401 g/mol. The maximum absolute atomic E-state index is 12.6. The zero-order valence-electron chi connectivity index (χ0n) is 18.4. The van der Waals surface area contributed by atoms with E-state index in [1.807, 2.05) is 39.8 Å². The summed E-state index contributed by atoms with van der Waals surface area (Å²) in [5, 5.41) is 6.18. The lowest BCUT2D eigenvalue weighted by Gasteiger charge is -2.39. The second-order valence-corrected chi connectivity index (χ2v) is 9.64. The van der Waals surface area contributed by atoms with Gasteiger partial charge in [0.2, 0.25) is 5.91 Å². The van der Waals surface area contributed by atoms with Gasteiger partial charge in [-0.25, -0.2) is 0 Å². The third kappa shape index (κ3) is 5.72. The Morgan fingerprint density at radius 3 is 2.38 bits per heavy atom. The summed E-state index contributed by atoms with van der Waals surface area (Å²) in [5.41, 5.74) is 1.45. The second kappa shape index (κ2) is 8.74. The number of rotatable bonds is 6. The van der Waals surface area contributed by atoms with Gasteiger partial charge in [0.1, 0.15) is 5.75 Å². The van der Waals surface area contributed by atoms with E-state index in [2.05, 4.69) is 15.5 Å². The highest BCUT2D eigenvalue weighted by Crippen LogP contribution is 2.38. The smallest absolute Gasteiger partial charge is 0.251 e. The molecule has 6 nitrogen and oxygen atoms in total. The number of nitrogens with zero attached hydrogens (tertiary/aromatic N) is 1. The Kier molecular flexibility index (Phi) is 6.52. The third-order valence-electron chi connectivity index (χ3n) is 5.92. The van der Waals surface area contributed by atoms with Gasteiger partial charge in [-0.3, -0.25) is 14.5 Å². The topological polar surface area (TPSA) is 70.7 Å². The van der Waals surface area contributed by atoms with Gasteiger partial charge in [0.25, 0.3) is 5.91 Å². The lowest BCUT2D eigenvalue weighted by atomic mass is 9.90. The molecule has 2 amide bonds. The van der Waals surface area contributed by atoms with Crippen molar-refractivity contribution in [2.45, 2.75) is 71.0 Å². The van der Waals surface area contributed by atoms with Crippen molar-refractivity contribution in [1.29, 1.82) is 0 Å². The molecule has 6 heteroatoms. The largest absolute Gasteiger partial charge is 0.497 e. The van der Waals surface area contributed by atoms with E-state index in [1.54, 1.807) is 13.2 Å². The van der Waals surface area contributed by atoms with Gasteiger partial charge < -0.3 is 15.4 Å². The first-order valence-corrected chi connectivity index (χ1v) is 10.7. The summed E-state index contributed by atoms with van der Waals surface area (Å²) in [6.07, 6.45) is 4.37. The average Bonchev–Trinajstić information content (AvgIpc) is 2.86. The average molecular weight is 402 g/mol. The number of aryl methyl sites for hydroxylation is 1. The molecule has 2 aliphatic heterocycles. The van der Waals surface area contributed by atoms with E-state index in [0.717, 1.165) is 31.2 Å². The number of hydrogen-bond acceptors (Lipinski definition) is 4. The Bertz CT molecular complexity index is 742. The number of fused-ring (bicyclic) bond motifs is 2. The number of ether oxygens (including phenoxy) is 1. The quantitative estimate of drug-likeness (QED) is 0.769. The fraction of sp³-hybridized carbons (Fsp3) is 0.652. The molecule has 29 heavy (non-hydrogen) atoms. The summed E-state index contributed by atoms with van der Waals surface area (Å²) in [5.74, 6) is 1.22. The minimum absolute atomic E-state index is 0.0497. The van der Waals surface area contributed by atoms with Crippen LogP contribution in [0.1, 0.15) is 62.4 Å². The van der Waals surface area contributed by atoms with E-state index < -0.39 is 0 Å². The molecule has 2 saturated heterocycles. The van der Waals surface area contributed by atoms with Crippen molar-refractivity contribution in [3.05, 3.63) is 29.3 Å². The predicted molar refractivity (Wildman–Crippen MR) is 114 cm³/mol. The van der Waals surface area contributed by atoms with Crippen molar-refractivity contribution < 1.29 is 14.3 Å². The number of hydrogen-bond donors (Lipinski definition) is 2. The zero-order valence-corrected chi connectivity index (χ0v) is 18.4. The molecule has 0 aromatic heterocycles. The van der Waals surface area contributed by atoms with Gasteiger partial charge in [-0.05, 0) is 83.1 Å². The molecule has 0 aliphatic carbocycles. The van der Waals surface area contributed by atoms with Crippen LogP contribution < -0.4 is 15.4 Å². The van der Waals surface area contributed by atoms with Crippen LogP contribution in [-0.2, 0) is 4.79 Å². The number of nitrogens with one attached hydrogen (secondary N) is 2. The van der Waals surface area contributed by atoms with Crippen molar-refractivity contribution in [3.8, 4) is 5.75 Å². The Balaban J connectivity index is 1.52. The highest BCUT2D eigenvalue weighted by Gasteiger charge is 2.41. The van der Waals surface area contributed by atoms with E-state index in [9.17, 15) is 9.59 Å². The molecule has 2 unspecified atom stereocenters. The van der Waals surface area contributed by atoms with Crippen LogP contribution in [0.3, 0.4) is 0 Å². The van der Waals surface area contributed by atoms with Crippen LogP contribution in [0.2, 0.25) is 0 Å². The molecule has 2 fully saturated rings. The number of benzene rings is 1. The Morgan fingerprint density at radius 1 is 1.14 bits per heavy atom. The Hall–Kier alpha value is -2.08. The molecule has 160 valence electrons. The summed E-state index contributed by atoms with van der Waals surface area (Å²) in [4.78, 5) is 27.3. The van der Waals surface area contributed by atoms with Gasteiger partial charge >= 0.3 is 0 Å². The Morgan fingerprint density at radius 2 is 1.79 bits per heavy atom. The first-order chi connectivity index (χ1) is 13.6. The molecule has 0 saturated carbocycles. The van der Waals surface area contributed by atoms with Crippen LogP contribution in [0.4, 0.5) is 0 Å². The van der Waals surface area contributed by atoms with E-state index in [0.29, 0.717) is 42.4 Å². The van der Waals surface area contributed by atoms with Gasteiger partial charge in [0, 0.05) is 29.7 Å². The molecule has 2 atom stereocenters. The minimum Gasteiger partial charge on any atom is -0.497 e. The first-order valence-electron chi connectivity index (χ1n) is 10.7. The highest BCUT2D eigenvalue weighted by molar-refractivity contribution is 5.94. The van der Waals surface area contributed by atoms with Gasteiger partial charge in [-0.2, -0.15) is 0 Å². The molecule has 1 aromatic rings. The molecular formula is C23H35N3O3. The summed E-state index contributed by atoms with van der Waals surface area (Å²) < 4.78 is 5.27. The summed E-state index contributed by atoms with van der Waals surface area (Å²) in [6.45, 7) is 9.16. The summed E-state index contributed by atoms with van der Waals surface area (Å²) >= 11 is 0. The summed E-state index contributed by atoms with van der Waals surface area (Å²) in [6, 6.07) is 6.47. The van der Waals surface area contributed by atoms with Crippen LogP contribution in [0.5, 0.6) is 5.75 Å². The van der Waals surface area contributed by atoms with Crippen LogP contribution in [0, 0.1) is 12.8 Å². The van der Waals surface area contributed by atoms with E-state index in [4.69, 9.17) is 4.74 Å². The SMILES string of the molecule is COc1cc(C)cc(C(=O)NCC2CC3CCC(C2)N3CC(=O)NC(C)(C)C)c1. The molecular weight excluding hydrogens is 366 g/mol. The number of carbonyl (C=O) groups excluding carboxylic acids is 2. The van der Waals surface area contributed by atoms with Crippen LogP contribution >= 0.6 is 0 Å². The third-order valence-corrected chi connectivity index (χ3v) is 5.92. The summed E-state index contributed by atoms with van der Waals surface area (Å²) in [7, 11) is 1.61. The number of methoxy groups -OCH3 is 1. The normalized spacial score (nSPS) is 24.2. The van der Waals surface area contributed by atoms with Crippen molar-refractivity contribution in [3.63, 3.8) is 0 Å². The lowest BCUT2D eigenvalue weighted by Crippen LogP contribution is -2.52. The van der Waals surface area contributed by atoms with Gasteiger partial charge in [-0.1, -0.05) is 0 Å². The fourth-order valence-electron chi connectivity index (χ4n) is 4.77. The number of amides is 2. The van der Waals surface area contributed by atoms with E-state index >= 15 is 0 Å². The van der Waals surface area contributed by atoms with Crippen LogP contribution in [-0.4, -0.2) is 54.5 Å². The van der Waals surface area contributed by atoms with E-state index in [1.165, 1.54) is 0 Å². The predicted octanol–water partition coefficient (Wildman–Crippen LogP) is 2.89. The van der Waals surface area contributed by atoms with Crippen molar-refractivity contribution in [2.75, 3.05) is 20.2 Å². The van der Waals surface area contributed by atoms with Crippen molar-refractivity contribution in [1.82, 2.24) is 15.5 Å². The van der Waals surface area contributed by atoms with Gasteiger partial charge in [0.15, 0.2) is 0 Å². The molecule has 1 aromatic carbocycles. The molecule has 0 radical (unpaired) electrons. The molecule has 2 heterocycles. The molecule has 0 spiro atoms. The van der Waals surface area contributed by atoms with Crippen LogP contribution in [0.25, 0.3) is 0 Å². The van der Waals surface area contributed by atoms with Crippen LogP contribution in [0.15, 0.2) is 18.2 Å². The number of carbonyl (C=O) groups is 2. The van der Waals surface area contributed by atoms with E-state index in [-0.39, 0.29) is 17.4 Å². The van der Waals surface area contributed by atoms with Crippen molar-refractivity contribution in [2.24, 2.45) is 5.92 Å². The fourth-order valence-corrected chi connectivity index (χ4v) is 4.77.